The van der Waals surface area contributed by atoms with Gasteiger partial charge < -0.3 is 21.1 Å². The smallest absolute Gasteiger partial charge is 0.383 e. The second kappa shape index (κ2) is 11.6. The van der Waals surface area contributed by atoms with Crippen LogP contribution in [-0.4, -0.2) is 31.9 Å². The second-order valence-corrected chi connectivity index (χ2v) is 12.2. The number of thiazole rings is 1. The van der Waals surface area contributed by atoms with Crippen molar-refractivity contribution < 1.29 is 27.9 Å². The number of fused-ring (bicyclic) bond motifs is 1. The van der Waals surface area contributed by atoms with Gasteiger partial charge in [0.25, 0.3) is 5.91 Å². The Morgan fingerprint density at radius 1 is 1.16 bits per heavy atom. The number of carbonyl (C=O) groups is 2. The Bertz CT molecular complexity index is 1730. The molecule has 0 radical (unpaired) electrons. The zero-order chi connectivity index (χ0) is 31.1. The third-order valence-electron chi connectivity index (χ3n) is 8.01. The first-order chi connectivity index (χ1) is 21.0. The summed E-state index contributed by atoms with van der Waals surface area (Å²) in [5.74, 6) is -0.663. The van der Waals surface area contributed by atoms with E-state index in [1.807, 2.05) is 31.2 Å². The van der Waals surface area contributed by atoms with Crippen LogP contribution in [0.2, 0.25) is 0 Å². The lowest BCUT2D eigenvalue weighted by atomic mass is 9.78. The van der Waals surface area contributed by atoms with Crippen LogP contribution in [0.5, 0.6) is 0 Å². The minimum Gasteiger partial charge on any atom is -0.383 e. The number of rotatable bonds is 7. The number of carbonyl (C=O) groups excluding carboxylic acids is 2. The van der Waals surface area contributed by atoms with Crippen LogP contribution in [0.15, 0.2) is 54.9 Å². The quantitative estimate of drug-likeness (QED) is 0.211. The van der Waals surface area contributed by atoms with Crippen molar-refractivity contribution in [2.75, 3.05) is 5.32 Å². The number of alkyl halides is 3. The van der Waals surface area contributed by atoms with E-state index in [2.05, 4.69) is 30.9 Å². The molecule has 1 aliphatic heterocycles. The molecule has 6 rings (SSSR count). The lowest BCUT2D eigenvalue weighted by Crippen LogP contribution is -2.38. The molecule has 2 aliphatic rings. The summed E-state index contributed by atoms with van der Waals surface area (Å²) in [5.41, 5.74) is 2.28. The number of aromatic nitrogens is 3. The first kappa shape index (κ1) is 29.7. The molecule has 0 bridgehead atoms. The van der Waals surface area contributed by atoms with E-state index in [4.69, 9.17) is 0 Å². The molecule has 228 valence electrons. The van der Waals surface area contributed by atoms with Crippen LogP contribution in [0.25, 0.3) is 10.4 Å². The van der Waals surface area contributed by atoms with Crippen LogP contribution in [0.1, 0.15) is 63.4 Å². The van der Waals surface area contributed by atoms with Crippen LogP contribution in [0.4, 0.5) is 24.8 Å². The predicted molar refractivity (Wildman–Crippen MR) is 158 cm³/mol. The van der Waals surface area contributed by atoms with Crippen molar-refractivity contribution in [1.82, 2.24) is 25.6 Å². The Hall–Kier alpha value is -4.36. The summed E-state index contributed by atoms with van der Waals surface area (Å²) >= 11 is 1.34. The van der Waals surface area contributed by atoms with E-state index >= 15 is 0 Å². The molecule has 1 fully saturated rings. The van der Waals surface area contributed by atoms with Crippen molar-refractivity contribution in [2.45, 2.75) is 57.5 Å². The minimum atomic E-state index is -4.58. The first-order valence-electron chi connectivity index (χ1n) is 14.1. The second-order valence-electron chi connectivity index (χ2n) is 11.2. The largest absolute Gasteiger partial charge is 0.433 e. The van der Waals surface area contributed by atoms with E-state index in [9.17, 15) is 27.9 Å². The van der Waals surface area contributed by atoms with Crippen molar-refractivity contribution >= 4 is 34.8 Å². The molecule has 0 spiro atoms. The maximum absolute atomic E-state index is 13.1. The van der Waals surface area contributed by atoms with Crippen LogP contribution in [-0.2, 0) is 29.7 Å². The number of halogens is 3. The molecule has 3 heterocycles. The standard InChI is InChI=1S/C31H29F3N6O3S/c1-17-11-21(13-22(12-17)39-29-35-10-7-24(40-29)31(32,33)34)23-16-38-28(44-23)30(43)8-5-18(6-9-30)26(41)36-14-19-3-2-4-20-15-37-27(42)25(19)20/h2-4,7,10-13,16,18,43H,5-6,8-9,14-15H2,1H3,(H,36,41)(H,37,42)(H,35,39,40). The van der Waals surface area contributed by atoms with Gasteiger partial charge in [0.2, 0.25) is 11.9 Å². The molecular weight excluding hydrogens is 593 g/mol. The Morgan fingerprint density at radius 3 is 2.73 bits per heavy atom. The molecule has 44 heavy (non-hydrogen) atoms. The minimum absolute atomic E-state index is 0.104. The fourth-order valence-electron chi connectivity index (χ4n) is 5.73. The molecule has 4 aromatic rings. The van der Waals surface area contributed by atoms with Gasteiger partial charge in [-0.05, 0) is 73.1 Å². The number of hydrogen-bond acceptors (Lipinski definition) is 8. The van der Waals surface area contributed by atoms with Gasteiger partial charge in [0.15, 0.2) is 0 Å². The zero-order valence-corrected chi connectivity index (χ0v) is 24.5. The number of hydrogen-bond donors (Lipinski definition) is 4. The highest BCUT2D eigenvalue weighted by molar-refractivity contribution is 7.15. The summed E-state index contributed by atoms with van der Waals surface area (Å²) < 4.78 is 39.2. The fourth-order valence-corrected chi connectivity index (χ4v) is 6.78. The van der Waals surface area contributed by atoms with E-state index in [0.717, 1.165) is 39.4 Å². The van der Waals surface area contributed by atoms with E-state index in [1.54, 1.807) is 18.3 Å². The number of aliphatic hydroxyl groups is 1. The maximum atomic E-state index is 13.1. The predicted octanol–water partition coefficient (Wildman–Crippen LogP) is 5.61. The summed E-state index contributed by atoms with van der Waals surface area (Å²) in [4.78, 5) is 37.9. The molecule has 2 amide bonds. The number of anilines is 2. The summed E-state index contributed by atoms with van der Waals surface area (Å²) in [5, 5.41) is 20.7. The highest BCUT2D eigenvalue weighted by Gasteiger charge is 2.39. The topological polar surface area (TPSA) is 129 Å². The molecule has 0 unspecified atom stereocenters. The fraction of sp³-hybridized carbons (Fsp3) is 0.323. The summed E-state index contributed by atoms with van der Waals surface area (Å²) in [6.07, 6.45) is -0.146. The van der Waals surface area contributed by atoms with Gasteiger partial charge in [-0.2, -0.15) is 13.2 Å². The lowest BCUT2D eigenvalue weighted by Gasteiger charge is -2.34. The Labute approximate surface area is 255 Å². The molecule has 13 heteroatoms. The highest BCUT2D eigenvalue weighted by atomic mass is 32.1. The molecule has 9 nitrogen and oxygen atoms in total. The molecule has 2 aromatic heterocycles. The number of nitrogens with zero attached hydrogens (tertiary/aromatic N) is 3. The maximum Gasteiger partial charge on any atom is 0.433 e. The van der Waals surface area contributed by atoms with Crippen molar-refractivity contribution in [2.24, 2.45) is 5.92 Å². The van der Waals surface area contributed by atoms with Gasteiger partial charge in [0, 0.05) is 42.7 Å². The SMILES string of the molecule is Cc1cc(Nc2nccc(C(F)(F)F)n2)cc(-c2cnc(C3(O)CCC(C(=O)NCc4cccc5c4C(=O)NC5)CC3)s2)c1. The molecule has 0 atom stereocenters. The van der Waals surface area contributed by atoms with Gasteiger partial charge in [-0.25, -0.2) is 15.0 Å². The highest BCUT2D eigenvalue weighted by Crippen LogP contribution is 2.43. The van der Waals surface area contributed by atoms with Crippen molar-refractivity contribution in [3.8, 4) is 10.4 Å². The van der Waals surface area contributed by atoms with E-state index in [1.165, 1.54) is 11.3 Å². The number of nitrogens with one attached hydrogen (secondary N) is 3. The van der Waals surface area contributed by atoms with Crippen LogP contribution in [0.3, 0.4) is 0 Å². The van der Waals surface area contributed by atoms with Gasteiger partial charge in [-0.1, -0.05) is 24.3 Å². The number of amides is 2. The third-order valence-corrected chi connectivity index (χ3v) is 9.25. The first-order valence-corrected chi connectivity index (χ1v) is 14.9. The van der Waals surface area contributed by atoms with E-state index in [0.29, 0.717) is 48.5 Å². The van der Waals surface area contributed by atoms with Gasteiger partial charge in [0.05, 0.1) is 4.88 Å². The van der Waals surface area contributed by atoms with Gasteiger partial charge in [-0.15, -0.1) is 11.3 Å². The molecule has 4 N–H and O–H groups in total. The lowest BCUT2D eigenvalue weighted by molar-refractivity contribution is -0.141. The molecular formula is C31H29F3N6O3S. The normalized spacial score (nSPS) is 19.8. The number of benzene rings is 2. The summed E-state index contributed by atoms with van der Waals surface area (Å²) in [7, 11) is 0. The van der Waals surface area contributed by atoms with Crippen LogP contribution in [0, 0.1) is 12.8 Å². The average molecular weight is 623 g/mol. The Balaban J connectivity index is 1.10. The molecule has 0 saturated heterocycles. The monoisotopic (exact) mass is 622 g/mol. The van der Waals surface area contributed by atoms with E-state index in [-0.39, 0.29) is 30.2 Å². The average Bonchev–Trinajstić information content (AvgIpc) is 3.64. The molecule has 1 aliphatic carbocycles. The molecule has 2 aromatic carbocycles. The van der Waals surface area contributed by atoms with Crippen molar-refractivity contribution in [3.05, 3.63) is 87.8 Å². The van der Waals surface area contributed by atoms with Crippen molar-refractivity contribution in [3.63, 3.8) is 0 Å². The van der Waals surface area contributed by atoms with Gasteiger partial charge in [0.1, 0.15) is 16.3 Å². The van der Waals surface area contributed by atoms with E-state index < -0.39 is 17.5 Å². The van der Waals surface area contributed by atoms with Gasteiger partial charge in [-0.3, -0.25) is 9.59 Å². The summed E-state index contributed by atoms with van der Waals surface area (Å²) in [6.45, 7) is 2.62. The third kappa shape index (κ3) is 6.15. The number of aryl methyl sites for hydroxylation is 1. The summed E-state index contributed by atoms with van der Waals surface area (Å²) in [6, 6.07) is 11.9. The molecule has 1 saturated carbocycles. The van der Waals surface area contributed by atoms with Crippen LogP contribution >= 0.6 is 11.3 Å². The van der Waals surface area contributed by atoms with Gasteiger partial charge >= 0.3 is 6.18 Å². The van der Waals surface area contributed by atoms with Crippen LogP contribution < -0.4 is 16.0 Å². The van der Waals surface area contributed by atoms with Crippen molar-refractivity contribution in [1.29, 1.82) is 0 Å². The Morgan fingerprint density at radius 2 is 1.95 bits per heavy atom. The Kier molecular flexibility index (Phi) is 7.84. The zero-order valence-electron chi connectivity index (χ0n) is 23.7.